The van der Waals surface area contributed by atoms with E-state index in [1.807, 2.05) is 0 Å². The largest absolute Gasteiger partial charge is 0.324 e. The molecular weight excluding hydrogens is 242 g/mol. The van der Waals surface area contributed by atoms with Crippen molar-refractivity contribution in [1.29, 1.82) is 0 Å². The van der Waals surface area contributed by atoms with Crippen LogP contribution in [0.3, 0.4) is 0 Å². The van der Waals surface area contributed by atoms with E-state index in [0.717, 1.165) is 6.42 Å². The van der Waals surface area contributed by atoms with E-state index in [1.165, 1.54) is 68.1 Å². The first-order chi connectivity index (χ1) is 9.65. The zero-order chi connectivity index (χ0) is 14.8. The van der Waals surface area contributed by atoms with Gasteiger partial charge in [-0.3, -0.25) is 0 Å². The van der Waals surface area contributed by atoms with E-state index < -0.39 is 0 Å². The molecule has 2 N–H and O–H groups in total. The standard InChI is InChI=1S/C19H33N/c1-4-5-6-7-8-9-10-11-12-19(20)18-14-13-16(2)15-17(18)3/h13-15,19H,4-12,20H2,1-3H3. The molecule has 114 valence electrons. The fourth-order valence-electron chi connectivity index (χ4n) is 2.90. The maximum Gasteiger partial charge on any atom is 0.0297 e. The Bertz CT molecular complexity index is 370. The van der Waals surface area contributed by atoms with Gasteiger partial charge in [-0.15, -0.1) is 0 Å². The molecule has 1 heteroatoms. The lowest BCUT2D eigenvalue weighted by Gasteiger charge is -2.15. The van der Waals surface area contributed by atoms with Gasteiger partial charge in [-0.25, -0.2) is 0 Å². The monoisotopic (exact) mass is 275 g/mol. The van der Waals surface area contributed by atoms with Crippen LogP contribution in [-0.4, -0.2) is 0 Å². The summed E-state index contributed by atoms with van der Waals surface area (Å²) in [5.74, 6) is 0. The lowest BCUT2D eigenvalue weighted by Crippen LogP contribution is -2.11. The van der Waals surface area contributed by atoms with Crippen molar-refractivity contribution in [3.63, 3.8) is 0 Å². The van der Waals surface area contributed by atoms with Crippen molar-refractivity contribution in [3.8, 4) is 0 Å². The molecule has 0 saturated carbocycles. The van der Waals surface area contributed by atoms with Crippen LogP contribution in [0, 0.1) is 13.8 Å². The highest BCUT2D eigenvalue weighted by Gasteiger charge is 2.08. The van der Waals surface area contributed by atoms with Gasteiger partial charge in [0.05, 0.1) is 0 Å². The number of aryl methyl sites for hydroxylation is 2. The van der Waals surface area contributed by atoms with Gasteiger partial charge in [0, 0.05) is 6.04 Å². The molecule has 0 amide bonds. The highest BCUT2D eigenvalue weighted by Crippen LogP contribution is 2.22. The highest BCUT2D eigenvalue weighted by molar-refractivity contribution is 5.32. The number of unbranched alkanes of at least 4 members (excludes halogenated alkanes) is 7. The third-order valence-corrected chi connectivity index (χ3v) is 4.19. The van der Waals surface area contributed by atoms with Crippen LogP contribution < -0.4 is 5.73 Å². The molecule has 0 fully saturated rings. The van der Waals surface area contributed by atoms with Crippen molar-refractivity contribution < 1.29 is 0 Å². The smallest absolute Gasteiger partial charge is 0.0297 e. The molecule has 1 nitrogen and oxygen atoms in total. The molecule has 0 bridgehead atoms. The number of hydrogen-bond acceptors (Lipinski definition) is 1. The lowest BCUT2D eigenvalue weighted by atomic mass is 9.95. The maximum atomic E-state index is 6.33. The molecule has 1 atom stereocenters. The second-order valence-corrected chi connectivity index (χ2v) is 6.23. The Kier molecular flexibility index (Phi) is 8.60. The Morgan fingerprint density at radius 1 is 0.900 bits per heavy atom. The van der Waals surface area contributed by atoms with Gasteiger partial charge < -0.3 is 5.73 Å². The summed E-state index contributed by atoms with van der Waals surface area (Å²) < 4.78 is 0. The van der Waals surface area contributed by atoms with Crippen LogP contribution in [0.5, 0.6) is 0 Å². The van der Waals surface area contributed by atoms with E-state index in [2.05, 4.69) is 39.0 Å². The van der Waals surface area contributed by atoms with Gasteiger partial charge in [-0.05, 0) is 31.4 Å². The molecule has 1 aromatic carbocycles. The molecule has 0 aliphatic carbocycles. The van der Waals surface area contributed by atoms with Crippen LogP contribution in [0.15, 0.2) is 18.2 Å². The zero-order valence-corrected chi connectivity index (χ0v) is 13.8. The van der Waals surface area contributed by atoms with Gasteiger partial charge in [0.2, 0.25) is 0 Å². The molecule has 0 heterocycles. The first-order valence-electron chi connectivity index (χ1n) is 8.48. The second-order valence-electron chi connectivity index (χ2n) is 6.23. The number of hydrogen-bond donors (Lipinski definition) is 1. The molecule has 1 rings (SSSR count). The normalized spacial score (nSPS) is 12.6. The fourth-order valence-corrected chi connectivity index (χ4v) is 2.90. The third-order valence-electron chi connectivity index (χ3n) is 4.19. The van der Waals surface area contributed by atoms with Crippen molar-refractivity contribution in [2.75, 3.05) is 0 Å². The van der Waals surface area contributed by atoms with Crippen LogP contribution in [0.25, 0.3) is 0 Å². The van der Waals surface area contributed by atoms with Crippen LogP contribution >= 0.6 is 0 Å². The molecule has 0 spiro atoms. The van der Waals surface area contributed by atoms with Crippen molar-refractivity contribution in [1.82, 2.24) is 0 Å². The highest BCUT2D eigenvalue weighted by atomic mass is 14.6. The van der Waals surface area contributed by atoms with E-state index in [-0.39, 0.29) is 6.04 Å². The summed E-state index contributed by atoms with van der Waals surface area (Å²) in [6.07, 6.45) is 12.1. The van der Waals surface area contributed by atoms with Crippen molar-refractivity contribution >= 4 is 0 Å². The van der Waals surface area contributed by atoms with E-state index >= 15 is 0 Å². The summed E-state index contributed by atoms with van der Waals surface area (Å²) in [7, 11) is 0. The summed E-state index contributed by atoms with van der Waals surface area (Å²) in [4.78, 5) is 0. The predicted octanol–water partition coefficient (Wildman–Crippen LogP) is 5.83. The molecule has 0 aromatic heterocycles. The van der Waals surface area contributed by atoms with Crippen LogP contribution in [0.1, 0.15) is 87.4 Å². The topological polar surface area (TPSA) is 26.0 Å². The van der Waals surface area contributed by atoms with Gasteiger partial charge in [0.1, 0.15) is 0 Å². The first-order valence-corrected chi connectivity index (χ1v) is 8.48. The van der Waals surface area contributed by atoms with Gasteiger partial charge in [-0.2, -0.15) is 0 Å². The molecule has 0 aliphatic heterocycles. The predicted molar refractivity (Wildman–Crippen MR) is 90.1 cm³/mol. The Morgan fingerprint density at radius 2 is 1.50 bits per heavy atom. The van der Waals surface area contributed by atoms with Crippen LogP contribution in [-0.2, 0) is 0 Å². The summed E-state index contributed by atoms with van der Waals surface area (Å²) in [6.45, 7) is 6.59. The van der Waals surface area contributed by atoms with Crippen molar-refractivity contribution in [2.45, 2.75) is 84.6 Å². The average Bonchev–Trinajstić information content (AvgIpc) is 2.41. The van der Waals surface area contributed by atoms with Gasteiger partial charge >= 0.3 is 0 Å². The Hall–Kier alpha value is -0.820. The second kappa shape index (κ2) is 9.99. The summed E-state index contributed by atoms with van der Waals surface area (Å²) in [5.41, 5.74) is 10.3. The Morgan fingerprint density at radius 3 is 2.10 bits per heavy atom. The molecular formula is C19H33N. The number of benzene rings is 1. The van der Waals surface area contributed by atoms with Crippen LogP contribution in [0.2, 0.25) is 0 Å². The molecule has 0 radical (unpaired) electrons. The van der Waals surface area contributed by atoms with Gasteiger partial charge in [0.15, 0.2) is 0 Å². The number of nitrogens with two attached hydrogens (primary N) is 1. The fraction of sp³-hybridized carbons (Fsp3) is 0.684. The van der Waals surface area contributed by atoms with Gasteiger partial charge in [0.25, 0.3) is 0 Å². The minimum atomic E-state index is 0.218. The Balaban J connectivity index is 2.15. The van der Waals surface area contributed by atoms with Gasteiger partial charge in [-0.1, -0.05) is 82.1 Å². The van der Waals surface area contributed by atoms with E-state index in [9.17, 15) is 0 Å². The SMILES string of the molecule is CCCCCCCCCCC(N)c1ccc(C)cc1C. The van der Waals surface area contributed by atoms with Crippen LogP contribution in [0.4, 0.5) is 0 Å². The van der Waals surface area contributed by atoms with Crippen molar-refractivity contribution in [2.24, 2.45) is 5.73 Å². The van der Waals surface area contributed by atoms with E-state index in [1.54, 1.807) is 0 Å². The maximum absolute atomic E-state index is 6.33. The lowest BCUT2D eigenvalue weighted by molar-refractivity contribution is 0.535. The first kappa shape index (κ1) is 17.2. The summed E-state index contributed by atoms with van der Waals surface area (Å²) in [5, 5.41) is 0. The summed E-state index contributed by atoms with van der Waals surface area (Å²) in [6, 6.07) is 6.84. The molecule has 1 aromatic rings. The zero-order valence-electron chi connectivity index (χ0n) is 13.8. The third kappa shape index (κ3) is 6.56. The minimum Gasteiger partial charge on any atom is -0.324 e. The van der Waals surface area contributed by atoms with E-state index in [0.29, 0.717) is 0 Å². The van der Waals surface area contributed by atoms with Crippen molar-refractivity contribution in [3.05, 3.63) is 34.9 Å². The minimum absolute atomic E-state index is 0.218. The quantitative estimate of drug-likeness (QED) is 0.534. The molecule has 0 aliphatic rings. The average molecular weight is 275 g/mol. The molecule has 0 saturated heterocycles. The Labute approximate surface area is 126 Å². The summed E-state index contributed by atoms with van der Waals surface area (Å²) >= 11 is 0. The molecule has 1 unspecified atom stereocenters. The number of rotatable bonds is 10. The van der Waals surface area contributed by atoms with E-state index in [4.69, 9.17) is 5.73 Å². The molecule has 20 heavy (non-hydrogen) atoms.